The minimum absolute atomic E-state index is 0.151. The van der Waals surface area contributed by atoms with Crippen LogP contribution in [0.5, 0.6) is 0 Å². The number of rotatable bonds is 5. The van der Waals surface area contributed by atoms with Crippen LogP contribution >= 0.6 is 0 Å². The van der Waals surface area contributed by atoms with Gasteiger partial charge in [-0.2, -0.15) is 0 Å². The average Bonchev–Trinajstić information content (AvgIpc) is 2.71. The third kappa shape index (κ3) is 4.22. The Kier molecular flexibility index (Phi) is 5.45. The third-order valence-corrected chi connectivity index (χ3v) is 5.58. The zero-order valence-electron chi connectivity index (χ0n) is 15.5. The molecule has 0 amide bonds. The summed E-state index contributed by atoms with van der Waals surface area (Å²) in [6.45, 7) is 2.57. The van der Waals surface area contributed by atoms with E-state index in [1.165, 1.54) is 18.2 Å². The number of ether oxygens (including phenoxy) is 1. The van der Waals surface area contributed by atoms with Crippen LogP contribution in [0.25, 0.3) is 0 Å². The molecule has 0 radical (unpaired) electrons. The summed E-state index contributed by atoms with van der Waals surface area (Å²) in [5.41, 5.74) is 0.0861. The minimum atomic E-state index is -1.60. The molecule has 0 saturated carbocycles. The first-order valence-electron chi connectivity index (χ1n) is 9.50. The molecule has 1 N–H and O–H groups in total. The molecule has 3 fully saturated rings. The molecule has 2 aromatic carbocycles. The van der Waals surface area contributed by atoms with Crippen molar-refractivity contribution in [2.75, 3.05) is 25.0 Å². The van der Waals surface area contributed by atoms with Gasteiger partial charge in [-0.15, -0.1) is 0 Å². The van der Waals surface area contributed by atoms with Gasteiger partial charge in [0.2, 0.25) is 0 Å². The van der Waals surface area contributed by atoms with E-state index < -0.39 is 35.3 Å². The number of anilines is 1. The van der Waals surface area contributed by atoms with Gasteiger partial charge < -0.3 is 10.1 Å². The number of esters is 1. The van der Waals surface area contributed by atoms with Crippen molar-refractivity contribution in [1.29, 1.82) is 0 Å². The molecule has 4 nitrogen and oxygen atoms in total. The molecule has 3 aliphatic rings. The zero-order valence-corrected chi connectivity index (χ0v) is 15.5. The molecule has 2 bridgehead atoms. The van der Waals surface area contributed by atoms with Gasteiger partial charge in [-0.25, -0.2) is 22.4 Å². The molecule has 154 valence electrons. The SMILES string of the molecule is O=C(OC1CN2CCC1CC2)C(Nc1cc(F)c(F)c(F)c1)c1cccc(F)c1. The number of nitrogens with one attached hydrogen (secondary N) is 1. The number of hydrogen-bond acceptors (Lipinski definition) is 4. The van der Waals surface area contributed by atoms with Gasteiger partial charge in [-0.05, 0) is 49.5 Å². The highest BCUT2D eigenvalue weighted by atomic mass is 19.2. The summed E-state index contributed by atoms with van der Waals surface area (Å²) in [5.74, 6) is -5.38. The van der Waals surface area contributed by atoms with Crippen LogP contribution < -0.4 is 5.32 Å². The summed E-state index contributed by atoms with van der Waals surface area (Å²) in [4.78, 5) is 15.2. The van der Waals surface area contributed by atoms with E-state index in [0.717, 1.165) is 44.1 Å². The van der Waals surface area contributed by atoms with Gasteiger partial charge in [0, 0.05) is 24.4 Å². The summed E-state index contributed by atoms with van der Waals surface area (Å²) in [6, 6.07) is 5.58. The summed E-state index contributed by atoms with van der Waals surface area (Å²) in [6.07, 6.45) is 1.58. The molecule has 3 heterocycles. The van der Waals surface area contributed by atoms with Crippen molar-refractivity contribution in [3.8, 4) is 0 Å². The fourth-order valence-electron chi connectivity index (χ4n) is 4.03. The zero-order chi connectivity index (χ0) is 20.5. The molecule has 8 heteroatoms. The van der Waals surface area contributed by atoms with Gasteiger partial charge in [-0.1, -0.05) is 12.1 Å². The third-order valence-electron chi connectivity index (χ3n) is 5.58. The Morgan fingerprint density at radius 2 is 1.76 bits per heavy atom. The van der Waals surface area contributed by atoms with Crippen molar-refractivity contribution < 1.29 is 27.1 Å². The summed E-state index contributed by atoms with van der Waals surface area (Å²) in [5, 5.41) is 2.66. The normalized spacial score (nSPS) is 24.2. The van der Waals surface area contributed by atoms with Gasteiger partial charge in [0.1, 0.15) is 11.9 Å². The van der Waals surface area contributed by atoms with Gasteiger partial charge in [0.05, 0.1) is 0 Å². The molecule has 2 unspecified atom stereocenters. The first-order valence-corrected chi connectivity index (χ1v) is 9.50. The first-order chi connectivity index (χ1) is 13.9. The van der Waals surface area contributed by atoms with Gasteiger partial charge >= 0.3 is 5.97 Å². The van der Waals surface area contributed by atoms with Crippen LogP contribution in [0.4, 0.5) is 23.2 Å². The van der Waals surface area contributed by atoms with E-state index in [0.29, 0.717) is 6.54 Å². The van der Waals surface area contributed by atoms with E-state index in [4.69, 9.17) is 4.74 Å². The average molecular weight is 408 g/mol. The first kappa shape index (κ1) is 19.7. The van der Waals surface area contributed by atoms with Crippen molar-refractivity contribution in [3.05, 3.63) is 65.2 Å². The number of halogens is 4. The summed E-state index contributed by atoms with van der Waals surface area (Å²) >= 11 is 0. The van der Waals surface area contributed by atoms with Crippen molar-refractivity contribution in [2.45, 2.75) is 25.0 Å². The van der Waals surface area contributed by atoms with Crippen LogP contribution in [0, 0.1) is 29.2 Å². The number of hydrogen-bond donors (Lipinski definition) is 1. The fraction of sp³-hybridized carbons (Fsp3) is 0.381. The van der Waals surface area contributed by atoms with Gasteiger partial charge in [-0.3, -0.25) is 4.90 Å². The second-order valence-corrected chi connectivity index (χ2v) is 7.50. The van der Waals surface area contributed by atoms with E-state index in [1.807, 2.05) is 0 Å². The van der Waals surface area contributed by atoms with Crippen LogP contribution in [0.3, 0.4) is 0 Å². The van der Waals surface area contributed by atoms with Gasteiger partial charge in [0.25, 0.3) is 0 Å². The van der Waals surface area contributed by atoms with E-state index >= 15 is 0 Å². The highest BCUT2D eigenvalue weighted by Gasteiger charge is 2.38. The van der Waals surface area contributed by atoms with Crippen molar-refractivity contribution in [2.24, 2.45) is 5.92 Å². The number of fused-ring (bicyclic) bond motifs is 3. The molecule has 0 aromatic heterocycles. The Morgan fingerprint density at radius 3 is 2.34 bits per heavy atom. The number of piperidine rings is 3. The number of benzene rings is 2. The Hall–Kier alpha value is -2.61. The number of nitrogens with zero attached hydrogens (tertiary/aromatic N) is 1. The lowest BCUT2D eigenvalue weighted by Crippen LogP contribution is -2.52. The molecule has 2 atom stereocenters. The second kappa shape index (κ2) is 8.02. The molecular formula is C21H20F4N2O2. The van der Waals surface area contributed by atoms with Crippen molar-refractivity contribution in [3.63, 3.8) is 0 Å². The fourth-order valence-corrected chi connectivity index (χ4v) is 4.03. The summed E-state index contributed by atoms with van der Waals surface area (Å²) in [7, 11) is 0. The second-order valence-electron chi connectivity index (χ2n) is 7.50. The topological polar surface area (TPSA) is 41.6 Å². The maximum Gasteiger partial charge on any atom is 0.333 e. The molecular weight excluding hydrogens is 388 g/mol. The maximum atomic E-state index is 13.7. The van der Waals surface area contributed by atoms with Crippen LogP contribution in [0.1, 0.15) is 24.4 Å². The Morgan fingerprint density at radius 1 is 1.07 bits per heavy atom. The molecule has 29 heavy (non-hydrogen) atoms. The molecule has 2 aromatic rings. The number of carbonyl (C=O) groups is 1. The van der Waals surface area contributed by atoms with Crippen LogP contribution in [-0.2, 0) is 9.53 Å². The highest BCUT2D eigenvalue weighted by Crippen LogP contribution is 2.31. The lowest BCUT2D eigenvalue weighted by molar-refractivity contribution is -0.159. The molecule has 3 aliphatic heterocycles. The molecule has 0 spiro atoms. The number of carbonyl (C=O) groups excluding carboxylic acids is 1. The van der Waals surface area contributed by atoms with E-state index in [-0.39, 0.29) is 23.3 Å². The van der Waals surface area contributed by atoms with Crippen LogP contribution in [0.2, 0.25) is 0 Å². The van der Waals surface area contributed by atoms with E-state index in [9.17, 15) is 22.4 Å². The maximum absolute atomic E-state index is 13.7. The van der Waals surface area contributed by atoms with Crippen LogP contribution in [-0.4, -0.2) is 36.6 Å². The van der Waals surface area contributed by atoms with Gasteiger partial charge in [0.15, 0.2) is 23.5 Å². The van der Waals surface area contributed by atoms with E-state index in [1.54, 1.807) is 0 Å². The molecule has 5 rings (SSSR count). The standard InChI is InChI=1S/C21H20F4N2O2/c22-14-3-1-2-13(8-14)20(26-15-9-16(23)19(25)17(24)10-15)21(28)29-18-11-27-6-4-12(18)5-7-27/h1-3,8-10,12,18,20,26H,4-7,11H2. The predicted molar refractivity (Wildman–Crippen MR) is 98.1 cm³/mol. The van der Waals surface area contributed by atoms with Crippen LogP contribution in [0.15, 0.2) is 36.4 Å². The van der Waals surface area contributed by atoms with Crippen molar-refractivity contribution >= 4 is 11.7 Å². The Bertz CT molecular complexity index is 892. The Labute approximate surface area is 165 Å². The monoisotopic (exact) mass is 408 g/mol. The van der Waals surface area contributed by atoms with Crippen molar-refractivity contribution in [1.82, 2.24) is 4.90 Å². The molecule has 3 saturated heterocycles. The lowest BCUT2D eigenvalue weighted by Gasteiger charge is -2.44. The largest absolute Gasteiger partial charge is 0.459 e. The minimum Gasteiger partial charge on any atom is -0.459 e. The molecule has 0 aliphatic carbocycles. The van der Waals surface area contributed by atoms with E-state index in [2.05, 4.69) is 10.2 Å². The highest BCUT2D eigenvalue weighted by molar-refractivity contribution is 5.81. The Balaban J connectivity index is 1.59. The predicted octanol–water partition coefficient (Wildman–Crippen LogP) is 4.03. The lowest BCUT2D eigenvalue weighted by atomic mass is 9.86. The quantitative estimate of drug-likeness (QED) is 0.461. The summed E-state index contributed by atoms with van der Waals surface area (Å²) < 4.78 is 59.9. The smallest absolute Gasteiger partial charge is 0.333 e.